The maximum Gasteiger partial charge on any atom is 0.165 e. The summed E-state index contributed by atoms with van der Waals surface area (Å²) < 4.78 is 13.5. The number of nitrogens with zero attached hydrogens (tertiary/aromatic N) is 3. The van der Waals surface area contributed by atoms with Crippen molar-refractivity contribution in [3.63, 3.8) is 0 Å². The monoisotopic (exact) mass is 246 g/mol. The second-order valence-corrected chi connectivity index (χ2v) is 3.22. The van der Waals surface area contributed by atoms with Crippen molar-refractivity contribution >= 4 is 17.3 Å². The Labute approximate surface area is 102 Å². The molecule has 0 saturated heterocycles. The number of benzene rings is 1. The maximum atomic E-state index is 13.5. The molecule has 1 aromatic rings. The summed E-state index contributed by atoms with van der Waals surface area (Å²) in [4.78, 5) is 0. The highest BCUT2D eigenvalue weighted by Gasteiger charge is 2.10. The Balaban J connectivity index is 3.21. The van der Waals surface area contributed by atoms with Crippen LogP contribution in [0.15, 0.2) is 29.5 Å². The average Bonchev–Trinajstić information content (AvgIpc) is 2.34. The summed E-state index contributed by atoms with van der Waals surface area (Å²) in [5.74, 6) is -0.753. The van der Waals surface area contributed by atoms with E-state index in [4.69, 9.17) is 27.4 Å². The summed E-state index contributed by atoms with van der Waals surface area (Å²) in [7, 11) is 0. The number of hydrogen-bond acceptors (Lipinski definition) is 4. The lowest BCUT2D eigenvalue weighted by Gasteiger charge is -2.06. The summed E-state index contributed by atoms with van der Waals surface area (Å²) in [5.41, 5.74) is -0.819. The zero-order valence-electron chi connectivity index (χ0n) is 8.33. The SMILES string of the molecule is N#CC(C#N)=C(C#N)Nc1cccc(Cl)c1F. The Morgan fingerprint density at radius 1 is 1.18 bits per heavy atom. The first kappa shape index (κ1) is 12.5. The van der Waals surface area contributed by atoms with Gasteiger partial charge in [-0.15, -0.1) is 0 Å². The molecule has 0 heterocycles. The number of anilines is 1. The Morgan fingerprint density at radius 3 is 2.35 bits per heavy atom. The first-order valence-corrected chi connectivity index (χ1v) is 4.67. The molecule has 0 spiro atoms. The van der Waals surface area contributed by atoms with E-state index < -0.39 is 11.4 Å². The second kappa shape index (κ2) is 5.51. The number of nitrogens with one attached hydrogen (secondary N) is 1. The van der Waals surface area contributed by atoms with Gasteiger partial charge in [0.1, 0.15) is 23.9 Å². The third kappa shape index (κ3) is 2.72. The van der Waals surface area contributed by atoms with Gasteiger partial charge < -0.3 is 5.32 Å². The van der Waals surface area contributed by atoms with Gasteiger partial charge in [0.05, 0.1) is 10.7 Å². The zero-order valence-corrected chi connectivity index (χ0v) is 9.09. The highest BCUT2D eigenvalue weighted by atomic mass is 35.5. The molecule has 0 aliphatic rings. The van der Waals surface area contributed by atoms with Gasteiger partial charge in [0.15, 0.2) is 11.4 Å². The number of rotatable bonds is 2. The summed E-state index contributed by atoms with van der Waals surface area (Å²) in [6, 6.07) is 8.84. The lowest BCUT2D eigenvalue weighted by atomic mass is 10.2. The Kier molecular flexibility index (Phi) is 4.06. The summed E-state index contributed by atoms with van der Waals surface area (Å²) in [6.45, 7) is 0. The molecule has 0 amide bonds. The van der Waals surface area contributed by atoms with Gasteiger partial charge in [-0.1, -0.05) is 17.7 Å². The molecule has 1 aromatic carbocycles. The van der Waals surface area contributed by atoms with E-state index in [-0.39, 0.29) is 16.4 Å². The largest absolute Gasteiger partial charge is 0.343 e. The smallest absolute Gasteiger partial charge is 0.165 e. The van der Waals surface area contributed by atoms with E-state index in [2.05, 4.69) is 5.32 Å². The quantitative estimate of drug-likeness (QED) is 0.813. The standard InChI is InChI=1S/C11H4ClFN4/c12-8-2-1-3-9(11(8)13)17-10(6-16)7(4-14)5-15/h1-3,17H. The molecule has 0 bridgehead atoms. The van der Waals surface area contributed by atoms with E-state index in [0.717, 1.165) is 0 Å². The fourth-order valence-electron chi connectivity index (χ4n) is 1.02. The summed E-state index contributed by atoms with van der Waals surface area (Å²) in [6.07, 6.45) is 0. The fraction of sp³-hybridized carbons (Fsp3) is 0. The minimum Gasteiger partial charge on any atom is -0.343 e. The highest BCUT2D eigenvalue weighted by molar-refractivity contribution is 6.31. The molecule has 0 saturated carbocycles. The van der Waals surface area contributed by atoms with Crippen molar-refractivity contribution in [2.45, 2.75) is 0 Å². The van der Waals surface area contributed by atoms with Crippen LogP contribution >= 0.6 is 11.6 Å². The van der Waals surface area contributed by atoms with Gasteiger partial charge in [0, 0.05) is 0 Å². The van der Waals surface area contributed by atoms with Crippen LogP contribution in [0.1, 0.15) is 0 Å². The van der Waals surface area contributed by atoms with E-state index >= 15 is 0 Å². The molecule has 0 radical (unpaired) electrons. The molecule has 0 aromatic heterocycles. The molecular formula is C11H4ClFN4. The lowest BCUT2D eigenvalue weighted by Crippen LogP contribution is -2.02. The molecule has 17 heavy (non-hydrogen) atoms. The highest BCUT2D eigenvalue weighted by Crippen LogP contribution is 2.23. The van der Waals surface area contributed by atoms with Crippen molar-refractivity contribution in [3.8, 4) is 18.2 Å². The van der Waals surface area contributed by atoms with Gasteiger partial charge in [-0.3, -0.25) is 0 Å². The van der Waals surface area contributed by atoms with E-state index in [1.165, 1.54) is 30.3 Å². The molecule has 1 rings (SSSR count). The molecule has 0 atom stereocenters. The molecule has 1 N–H and O–H groups in total. The topological polar surface area (TPSA) is 83.4 Å². The molecule has 82 valence electrons. The van der Waals surface area contributed by atoms with Gasteiger partial charge in [0.25, 0.3) is 0 Å². The van der Waals surface area contributed by atoms with Crippen LogP contribution in [-0.2, 0) is 0 Å². The molecule has 0 aliphatic carbocycles. The first-order valence-electron chi connectivity index (χ1n) is 4.29. The average molecular weight is 247 g/mol. The summed E-state index contributed by atoms with van der Waals surface area (Å²) >= 11 is 5.54. The van der Waals surface area contributed by atoms with Crippen molar-refractivity contribution in [1.82, 2.24) is 0 Å². The van der Waals surface area contributed by atoms with Crippen LogP contribution in [0.25, 0.3) is 0 Å². The molecule has 6 heteroatoms. The van der Waals surface area contributed by atoms with Gasteiger partial charge in [-0.25, -0.2) is 4.39 Å². The lowest BCUT2D eigenvalue weighted by molar-refractivity contribution is 0.632. The number of hydrogen-bond donors (Lipinski definition) is 1. The zero-order chi connectivity index (χ0) is 12.8. The number of halogens is 2. The Hall–Kier alpha value is -2.55. The fourth-order valence-corrected chi connectivity index (χ4v) is 1.19. The van der Waals surface area contributed by atoms with Crippen LogP contribution in [0, 0.1) is 39.8 Å². The predicted molar refractivity (Wildman–Crippen MR) is 58.9 cm³/mol. The van der Waals surface area contributed by atoms with Crippen molar-refractivity contribution in [1.29, 1.82) is 15.8 Å². The molecule has 0 fully saturated rings. The van der Waals surface area contributed by atoms with Crippen LogP contribution in [0.2, 0.25) is 5.02 Å². The van der Waals surface area contributed by atoms with Crippen molar-refractivity contribution in [2.24, 2.45) is 0 Å². The van der Waals surface area contributed by atoms with E-state index in [1.54, 1.807) is 6.07 Å². The van der Waals surface area contributed by atoms with Crippen molar-refractivity contribution in [2.75, 3.05) is 5.32 Å². The molecule has 0 aliphatic heterocycles. The summed E-state index contributed by atoms with van der Waals surface area (Å²) in [5, 5.41) is 28.2. The van der Waals surface area contributed by atoms with Gasteiger partial charge >= 0.3 is 0 Å². The molecule has 0 unspecified atom stereocenters. The molecular weight excluding hydrogens is 243 g/mol. The van der Waals surface area contributed by atoms with E-state index in [9.17, 15) is 4.39 Å². The van der Waals surface area contributed by atoms with E-state index in [1.807, 2.05) is 0 Å². The number of nitriles is 3. The third-order valence-corrected chi connectivity index (χ3v) is 2.09. The minimum absolute atomic E-state index is 0.0722. The van der Waals surface area contributed by atoms with Crippen LogP contribution in [-0.4, -0.2) is 0 Å². The van der Waals surface area contributed by atoms with Crippen molar-refractivity contribution < 1.29 is 4.39 Å². The second-order valence-electron chi connectivity index (χ2n) is 2.81. The van der Waals surface area contributed by atoms with E-state index in [0.29, 0.717) is 0 Å². The minimum atomic E-state index is -0.753. The Morgan fingerprint density at radius 2 is 1.82 bits per heavy atom. The maximum absolute atomic E-state index is 13.5. The normalized spacial score (nSPS) is 8.41. The van der Waals surface area contributed by atoms with Crippen LogP contribution < -0.4 is 5.32 Å². The first-order chi connectivity index (χ1) is 8.13. The van der Waals surface area contributed by atoms with Gasteiger partial charge in [-0.05, 0) is 12.1 Å². The van der Waals surface area contributed by atoms with Crippen LogP contribution in [0.4, 0.5) is 10.1 Å². The van der Waals surface area contributed by atoms with Gasteiger partial charge in [-0.2, -0.15) is 15.8 Å². The van der Waals surface area contributed by atoms with Crippen molar-refractivity contribution in [3.05, 3.63) is 40.3 Å². The Bertz CT molecular complexity index is 585. The number of allylic oxidation sites excluding steroid dienone is 2. The molecule has 4 nitrogen and oxygen atoms in total. The predicted octanol–water partition coefficient (Wildman–Crippen LogP) is 2.72. The van der Waals surface area contributed by atoms with Crippen LogP contribution in [0.5, 0.6) is 0 Å². The third-order valence-electron chi connectivity index (χ3n) is 1.80. The van der Waals surface area contributed by atoms with Crippen LogP contribution in [0.3, 0.4) is 0 Å². The van der Waals surface area contributed by atoms with Gasteiger partial charge in [0.2, 0.25) is 0 Å².